The standard InChI is InChI=1S/C52H37N5.Pt/c1-33-30-36(52(2,3)35-16-6-4-7-17-35)32-46-48(33)41-28-27-34(31-45(41)57(46)47-26-12-13-29-53-47)38-21-15-25-44-50(38)55-51(56(44)37-18-8-5-9-19-37)42-23-14-22-40-39-20-10-11-24-43(39)54-49(40)42;/h4-30,32H,1-3H3;/q-2;+2. The summed E-state index contributed by atoms with van der Waals surface area (Å²) in [6.45, 7) is 6.84. The van der Waals surface area contributed by atoms with Crippen molar-refractivity contribution in [2.24, 2.45) is 0 Å². The minimum absolute atomic E-state index is 0. The molecule has 0 saturated carbocycles. The average Bonchev–Trinajstić information content (AvgIpc) is 3.94. The Kier molecular flexibility index (Phi) is 8.54. The number of fused-ring (bicyclic) bond motifs is 7. The van der Waals surface area contributed by atoms with Gasteiger partial charge in [-0.25, -0.2) is 9.97 Å². The zero-order valence-corrected chi connectivity index (χ0v) is 34.5. The van der Waals surface area contributed by atoms with Gasteiger partial charge in [-0.3, -0.25) is 4.57 Å². The average molecular weight is 927 g/mol. The topological polar surface area (TPSA) is 49.7 Å². The molecule has 0 radical (unpaired) electrons. The van der Waals surface area contributed by atoms with Crippen LogP contribution in [0.3, 0.4) is 0 Å². The second-order valence-electron chi connectivity index (χ2n) is 15.4. The molecule has 0 aliphatic heterocycles. The third-order valence-electron chi connectivity index (χ3n) is 11.8. The van der Waals surface area contributed by atoms with Gasteiger partial charge < -0.3 is 9.55 Å². The maximum Gasteiger partial charge on any atom is 2.00 e. The van der Waals surface area contributed by atoms with Crippen molar-refractivity contribution < 1.29 is 21.1 Å². The van der Waals surface area contributed by atoms with Crippen LogP contribution >= 0.6 is 0 Å². The number of imidazole rings is 1. The van der Waals surface area contributed by atoms with E-state index in [4.69, 9.17) is 15.0 Å². The predicted molar refractivity (Wildman–Crippen MR) is 235 cm³/mol. The Morgan fingerprint density at radius 2 is 1.33 bits per heavy atom. The molecule has 0 unspecified atom stereocenters. The molecule has 0 aliphatic rings. The van der Waals surface area contributed by atoms with Gasteiger partial charge in [-0.15, -0.1) is 34.8 Å². The Hall–Kier alpha value is -6.55. The van der Waals surface area contributed by atoms with E-state index in [9.17, 15) is 0 Å². The fourth-order valence-electron chi connectivity index (χ4n) is 8.86. The van der Waals surface area contributed by atoms with E-state index in [0.717, 1.165) is 83.3 Å². The molecule has 11 aromatic rings. The van der Waals surface area contributed by atoms with Gasteiger partial charge in [0.25, 0.3) is 0 Å². The van der Waals surface area contributed by atoms with Crippen LogP contribution in [0.5, 0.6) is 0 Å². The number of hydrogen-bond acceptors (Lipinski definition) is 2. The summed E-state index contributed by atoms with van der Waals surface area (Å²) in [6, 6.07) is 61.7. The van der Waals surface area contributed by atoms with E-state index >= 15 is 0 Å². The summed E-state index contributed by atoms with van der Waals surface area (Å²) in [7, 11) is 0. The normalized spacial score (nSPS) is 11.9. The molecule has 58 heavy (non-hydrogen) atoms. The molecule has 0 spiro atoms. The van der Waals surface area contributed by atoms with Crippen molar-refractivity contribution in [1.29, 1.82) is 0 Å². The SMILES string of the molecule is Cc1cc(C(C)(C)c2ccccc2)cc2c1c1ccc(-c3cccc4c3nc(-c3cccc5c3[n-]c3ccccc35)n4-c3ccccc3)[c-]c1n2-c1ccccn1.[Pt+2]. The second-order valence-corrected chi connectivity index (χ2v) is 15.4. The summed E-state index contributed by atoms with van der Waals surface area (Å²) >= 11 is 0. The van der Waals surface area contributed by atoms with Gasteiger partial charge in [0.1, 0.15) is 11.6 Å². The zero-order valence-electron chi connectivity index (χ0n) is 32.2. The third-order valence-corrected chi connectivity index (χ3v) is 11.8. The quantitative estimate of drug-likeness (QED) is 0.156. The van der Waals surface area contributed by atoms with E-state index in [1.807, 2.05) is 18.3 Å². The van der Waals surface area contributed by atoms with Crippen LogP contribution in [0.25, 0.3) is 88.7 Å². The summed E-state index contributed by atoms with van der Waals surface area (Å²) in [5, 5.41) is 4.63. The number of pyridine rings is 1. The van der Waals surface area contributed by atoms with Gasteiger partial charge in [0.2, 0.25) is 0 Å². The van der Waals surface area contributed by atoms with Gasteiger partial charge in [0.05, 0.1) is 11.0 Å². The van der Waals surface area contributed by atoms with Crippen LogP contribution in [0.1, 0.15) is 30.5 Å². The van der Waals surface area contributed by atoms with E-state index < -0.39 is 0 Å². The van der Waals surface area contributed by atoms with E-state index in [0.29, 0.717) is 0 Å². The zero-order chi connectivity index (χ0) is 38.3. The fourth-order valence-corrected chi connectivity index (χ4v) is 8.86. The van der Waals surface area contributed by atoms with Crippen LogP contribution in [-0.4, -0.2) is 19.1 Å². The van der Waals surface area contributed by atoms with Crippen LogP contribution in [0.15, 0.2) is 170 Å². The first-order valence-corrected chi connectivity index (χ1v) is 19.5. The Labute approximate surface area is 350 Å². The van der Waals surface area contributed by atoms with Crippen LogP contribution in [0, 0.1) is 13.0 Å². The number of aromatic nitrogens is 5. The number of hydrogen-bond donors (Lipinski definition) is 0. The fraction of sp³-hybridized carbons (Fsp3) is 0.0769. The third kappa shape index (κ3) is 5.49. The number of nitrogens with zero attached hydrogens (tertiary/aromatic N) is 5. The molecule has 4 aromatic heterocycles. The molecule has 7 aromatic carbocycles. The van der Waals surface area contributed by atoms with Gasteiger partial charge in [-0.05, 0) is 76.1 Å². The number of aryl methyl sites for hydroxylation is 1. The van der Waals surface area contributed by atoms with Crippen LogP contribution in [0.4, 0.5) is 0 Å². The molecule has 4 heterocycles. The van der Waals surface area contributed by atoms with E-state index in [-0.39, 0.29) is 26.5 Å². The Bertz CT molecular complexity index is 3320. The first kappa shape index (κ1) is 35.8. The monoisotopic (exact) mass is 926 g/mol. The Morgan fingerprint density at radius 3 is 2.14 bits per heavy atom. The molecule has 0 amide bonds. The van der Waals surface area contributed by atoms with Gasteiger partial charge in [0, 0.05) is 28.4 Å². The summed E-state index contributed by atoms with van der Waals surface area (Å²) in [6.07, 6.45) is 1.87. The smallest absolute Gasteiger partial charge is 0.656 e. The van der Waals surface area contributed by atoms with E-state index in [1.54, 1.807) is 0 Å². The number of rotatable bonds is 6. The van der Waals surface area contributed by atoms with Crippen molar-refractivity contribution in [2.75, 3.05) is 0 Å². The Balaban J connectivity index is 0.00000408. The molecular weight excluding hydrogens is 890 g/mol. The summed E-state index contributed by atoms with van der Waals surface area (Å²) in [5.74, 6) is 1.71. The van der Waals surface area contributed by atoms with Crippen molar-refractivity contribution in [3.05, 3.63) is 193 Å². The molecule has 0 saturated heterocycles. The summed E-state index contributed by atoms with van der Waals surface area (Å²) in [5.41, 5.74) is 13.5. The van der Waals surface area contributed by atoms with Crippen molar-refractivity contribution >= 4 is 54.6 Å². The summed E-state index contributed by atoms with van der Waals surface area (Å²) in [4.78, 5) is 15.6. The first-order chi connectivity index (χ1) is 28.0. The molecule has 0 N–H and O–H groups in total. The maximum absolute atomic E-state index is 5.52. The van der Waals surface area contributed by atoms with Gasteiger partial charge in [0.15, 0.2) is 0 Å². The first-order valence-electron chi connectivity index (χ1n) is 19.5. The van der Waals surface area contributed by atoms with Crippen LogP contribution < -0.4 is 4.98 Å². The molecule has 0 aliphatic carbocycles. The van der Waals surface area contributed by atoms with Gasteiger partial charge in [-0.1, -0.05) is 146 Å². The predicted octanol–water partition coefficient (Wildman–Crippen LogP) is 12.5. The van der Waals surface area contributed by atoms with Crippen LogP contribution in [0.2, 0.25) is 0 Å². The summed E-state index contributed by atoms with van der Waals surface area (Å²) < 4.78 is 4.56. The van der Waals surface area contributed by atoms with Crippen molar-refractivity contribution in [3.8, 4) is 34.0 Å². The van der Waals surface area contributed by atoms with E-state index in [1.165, 1.54) is 22.1 Å². The largest absolute Gasteiger partial charge is 2.00 e. The number of benzene rings is 7. The molecule has 5 nitrogen and oxygen atoms in total. The Morgan fingerprint density at radius 1 is 0.603 bits per heavy atom. The molecule has 0 bridgehead atoms. The van der Waals surface area contributed by atoms with E-state index in [2.05, 4.69) is 188 Å². The minimum atomic E-state index is -0.208. The van der Waals surface area contributed by atoms with Crippen LogP contribution in [-0.2, 0) is 26.5 Å². The van der Waals surface area contributed by atoms with Crippen molar-refractivity contribution in [2.45, 2.75) is 26.2 Å². The molecule has 0 fully saturated rings. The van der Waals surface area contributed by atoms with Crippen molar-refractivity contribution in [3.63, 3.8) is 0 Å². The molecule has 280 valence electrons. The maximum atomic E-state index is 5.52. The van der Waals surface area contributed by atoms with Gasteiger partial charge in [-0.2, -0.15) is 0 Å². The molecule has 6 heteroatoms. The molecule has 0 atom stereocenters. The number of para-hydroxylation sites is 4. The second kappa shape index (κ2) is 13.8. The van der Waals surface area contributed by atoms with Crippen molar-refractivity contribution in [1.82, 2.24) is 24.1 Å². The van der Waals surface area contributed by atoms with Gasteiger partial charge >= 0.3 is 21.1 Å². The minimum Gasteiger partial charge on any atom is -0.656 e. The molecule has 11 rings (SSSR count). The molecular formula is C52H37N5Pt.